The first-order valence-corrected chi connectivity index (χ1v) is 7.54. The molecule has 0 aliphatic carbocycles. The van der Waals surface area contributed by atoms with E-state index in [1.54, 1.807) is 48.5 Å². The zero-order valence-electron chi connectivity index (χ0n) is 13.1. The SMILES string of the molecule is O=C(O)c1cccc(NC(=O)c2ccccc2-c2ccc(F)cc2)c1. The summed E-state index contributed by atoms with van der Waals surface area (Å²) >= 11 is 0. The summed E-state index contributed by atoms with van der Waals surface area (Å²) in [6.07, 6.45) is 0. The Morgan fingerprint density at radius 3 is 2.32 bits per heavy atom. The minimum Gasteiger partial charge on any atom is -0.478 e. The van der Waals surface area contributed by atoms with Gasteiger partial charge in [-0.05, 0) is 47.5 Å². The van der Waals surface area contributed by atoms with Gasteiger partial charge in [0.1, 0.15) is 5.82 Å². The van der Waals surface area contributed by atoms with E-state index in [0.717, 1.165) is 0 Å². The smallest absolute Gasteiger partial charge is 0.335 e. The Morgan fingerprint density at radius 1 is 0.880 bits per heavy atom. The molecule has 0 aliphatic rings. The second kappa shape index (κ2) is 6.97. The Bertz CT molecular complexity index is 936. The number of benzene rings is 3. The van der Waals surface area contributed by atoms with Crippen LogP contribution >= 0.6 is 0 Å². The highest BCUT2D eigenvalue weighted by atomic mass is 19.1. The van der Waals surface area contributed by atoms with Gasteiger partial charge >= 0.3 is 5.97 Å². The molecule has 5 heteroatoms. The van der Waals surface area contributed by atoms with Gasteiger partial charge in [-0.25, -0.2) is 9.18 Å². The fraction of sp³-hybridized carbons (Fsp3) is 0. The zero-order chi connectivity index (χ0) is 17.8. The topological polar surface area (TPSA) is 66.4 Å². The molecule has 0 atom stereocenters. The van der Waals surface area contributed by atoms with Crippen molar-refractivity contribution < 1.29 is 19.1 Å². The van der Waals surface area contributed by atoms with E-state index in [1.165, 1.54) is 24.3 Å². The van der Waals surface area contributed by atoms with E-state index >= 15 is 0 Å². The van der Waals surface area contributed by atoms with Gasteiger partial charge in [0, 0.05) is 11.3 Å². The number of nitrogens with one attached hydrogen (secondary N) is 1. The van der Waals surface area contributed by atoms with Crippen LogP contribution in [0.3, 0.4) is 0 Å². The summed E-state index contributed by atoms with van der Waals surface area (Å²) in [6, 6.07) is 18.8. The highest BCUT2D eigenvalue weighted by Gasteiger charge is 2.13. The number of hydrogen-bond donors (Lipinski definition) is 2. The van der Waals surface area contributed by atoms with Gasteiger partial charge in [0.05, 0.1) is 5.56 Å². The van der Waals surface area contributed by atoms with E-state index in [2.05, 4.69) is 5.32 Å². The highest BCUT2D eigenvalue weighted by molar-refractivity contribution is 6.09. The van der Waals surface area contributed by atoms with Crippen LogP contribution in [0.4, 0.5) is 10.1 Å². The summed E-state index contributed by atoms with van der Waals surface area (Å²) in [6.45, 7) is 0. The standard InChI is InChI=1S/C20H14FNO3/c21-15-10-8-13(9-11-15)17-6-1-2-7-18(17)19(23)22-16-5-3-4-14(12-16)20(24)25/h1-12H,(H,22,23)(H,24,25). The number of hydrogen-bond acceptors (Lipinski definition) is 2. The predicted molar refractivity (Wildman–Crippen MR) is 93.2 cm³/mol. The van der Waals surface area contributed by atoms with E-state index in [-0.39, 0.29) is 17.3 Å². The molecular weight excluding hydrogens is 321 g/mol. The first-order chi connectivity index (χ1) is 12.0. The molecular formula is C20H14FNO3. The lowest BCUT2D eigenvalue weighted by Crippen LogP contribution is -2.13. The van der Waals surface area contributed by atoms with Crippen LogP contribution in [0.25, 0.3) is 11.1 Å². The van der Waals surface area contributed by atoms with Crippen molar-refractivity contribution in [2.24, 2.45) is 0 Å². The lowest BCUT2D eigenvalue weighted by molar-refractivity contribution is 0.0696. The second-order valence-electron chi connectivity index (χ2n) is 5.39. The van der Waals surface area contributed by atoms with Gasteiger partial charge in [0.15, 0.2) is 0 Å². The van der Waals surface area contributed by atoms with Gasteiger partial charge in [0.2, 0.25) is 0 Å². The molecule has 0 radical (unpaired) electrons. The average Bonchev–Trinajstić information content (AvgIpc) is 2.62. The average molecular weight is 335 g/mol. The first kappa shape index (κ1) is 16.4. The molecule has 0 saturated heterocycles. The summed E-state index contributed by atoms with van der Waals surface area (Å²) in [5.74, 6) is -1.79. The summed E-state index contributed by atoms with van der Waals surface area (Å²) < 4.78 is 13.1. The summed E-state index contributed by atoms with van der Waals surface area (Å²) in [4.78, 5) is 23.7. The maximum atomic E-state index is 13.1. The number of aromatic carboxylic acids is 1. The molecule has 0 saturated carbocycles. The summed E-state index contributed by atoms with van der Waals surface area (Å²) in [5, 5.41) is 11.7. The Morgan fingerprint density at radius 2 is 1.60 bits per heavy atom. The molecule has 0 fully saturated rings. The number of carbonyl (C=O) groups excluding carboxylic acids is 1. The van der Waals surface area contributed by atoms with E-state index in [9.17, 15) is 14.0 Å². The summed E-state index contributed by atoms with van der Waals surface area (Å²) in [5.41, 5.74) is 2.26. The van der Waals surface area contributed by atoms with Crippen molar-refractivity contribution in [3.63, 3.8) is 0 Å². The van der Waals surface area contributed by atoms with E-state index < -0.39 is 5.97 Å². The monoisotopic (exact) mass is 335 g/mol. The highest BCUT2D eigenvalue weighted by Crippen LogP contribution is 2.25. The van der Waals surface area contributed by atoms with Crippen LogP contribution in [-0.4, -0.2) is 17.0 Å². The van der Waals surface area contributed by atoms with Crippen LogP contribution in [0.1, 0.15) is 20.7 Å². The lowest BCUT2D eigenvalue weighted by Gasteiger charge is -2.11. The molecule has 0 aliphatic heterocycles. The van der Waals surface area contributed by atoms with E-state index in [0.29, 0.717) is 22.4 Å². The van der Waals surface area contributed by atoms with Gasteiger partial charge in [-0.1, -0.05) is 36.4 Å². The number of amides is 1. The maximum Gasteiger partial charge on any atom is 0.335 e. The quantitative estimate of drug-likeness (QED) is 0.740. The van der Waals surface area contributed by atoms with E-state index in [1.807, 2.05) is 0 Å². The van der Waals surface area contributed by atoms with Gasteiger partial charge < -0.3 is 10.4 Å². The number of rotatable bonds is 4. The normalized spacial score (nSPS) is 10.3. The molecule has 0 aromatic heterocycles. The number of carbonyl (C=O) groups is 2. The van der Waals surface area contributed by atoms with Crippen LogP contribution in [0.2, 0.25) is 0 Å². The fourth-order valence-electron chi connectivity index (χ4n) is 2.49. The third-order valence-corrected chi connectivity index (χ3v) is 3.69. The molecule has 0 bridgehead atoms. The van der Waals surface area contributed by atoms with Crippen LogP contribution in [0, 0.1) is 5.82 Å². The van der Waals surface area contributed by atoms with Crippen molar-refractivity contribution in [3.05, 3.63) is 89.7 Å². The van der Waals surface area contributed by atoms with Gasteiger partial charge in [-0.3, -0.25) is 4.79 Å². The van der Waals surface area contributed by atoms with Crippen molar-refractivity contribution in [1.29, 1.82) is 0 Å². The molecule has 124 valence electrons. The summed E-state index contributed by atoms with van der Waals surface area (Å²) in [7, 11) is 0. The van der Waals surface area contributed by atoms with Gasteiger partial charge in [-0.15, -0.1) is 0 Å². The largest absolute Gasteiger partial charge is 0.478 e. The molecule has 0 heterocycles. The number of carboxylic acid groups (broad SMARTS) is 1. The lowest BCUT2D eigenvalue weighted by atomic mass is 9.99. The molecule has 2 N–H and O–H groups in total. The first-order valence-electron chi connectivity index (χ1n) is 7.54. The third-order valence-electron chi connectivity index (χ3n) is 3.69. The third kappa shape index (κ3) is 3.72. The minimum absolute atomic E-state index is 0.0876. The Kier molecular flexibility index (Phi) is 4.57. The molecule has 0 unspecified atom stereocenters. The number of carboxylic acids is 1. The van der Waals surface area contributed by atoms with Crippen LogP contribution in [0.15, 0.2) is 72.8 Å². The zero-order valence-corrected chi connectivity index (χ0v) is 13.1. The Labute approximate surface area is 143 Å². The maximum absolute atomic E-state index is 13.1. The van der Waals surface area contributed by atoms with Crippen molar-refractivity contribution in [1.82, 2.24) is 0 Å². The van der Waals surface area contributed by atoms with Crippen LogP contribution in [0.5, 0.6) is 0 Å². The molecule has 0 spiro atoms. The van der Waals surface area contributed by atoms with Gasteiger partial charge in [0.25, 0.3) is 5.91 Å². The molecule has 1 amide bonds. The van der Waals surface area contributed by atoms with Gasteiger partial charge in [-0.2, -0.15) is 0 Å². The second-order valence-corrected chi connectivity index (χ2v) is 5.39. The molecule has 4 nitrogen and oxygen atoms in total. The predicted octanol–water partition coefficient (Wildman–Crippen LogP) is 4.44. The Balaban J connectivity index is 1.92. The number of anilines is 1. The van der Waals surface area contributed by atoms with Crippen LogP contribution in [-0.2, 0) is 0 Å². The molecule has 3 rings (SSSR count). The molecule has 3 aromatic rings. The molecule has 3 aromatic carbocycles. The van der Waals surface area contributed by atoms with Crippen molar-refractivity contribution in [2.75, 3.05) is 5.32 Å². The Hall–Kier alpha value is -3.47. The van der Waals surface area contributed by atoms with Crippen molar-refractivity contribution in [2.45, 2.75) is 0 Å². The minimum atomic E-state index is -1.07. The number of halogens is 1. The van der Waals surface area contributed by atoms with Crippen LogP contribution < -0.4 is 5.32 Å². The van der Waals surface area contributed by atoms with E-state index in [4.69, 9.17) is 5.11 Å². The molecule has 25 heavy (non-hydrogen) atoms. The van der Waals surface area contributed by atoms with Crippen molar-refractivity contribution in [3.8, 4) is 11.1 Å². The van der Waals surface area contributed by atoms with Crippen molar-refractivity contribution >= 4 is 17.6 Å². The fourth-order valence-corrected chi connectivity index (χ4v) is 2.49.